The molecule has 0 bridgehead atoms. The molecule has 0 unspecified atom stereocenters. The molecule has 6 rings (SSSR count). The van der Waals surface area contributed by atoms with E-state index in [0.29, 0.717) is 51.5 Å². The zero-order valence-corrected chi connectivity index (χ0v) is 25.5. The number of benzene rings is 3. The number of carbonyl (C=O) groups is 2. The van der Waals surface area contributed by atoms with Crippen molar-refractivity contribution < 1.29 is 23.5 Å². The molecular formula is C36H38N4O5. The average molecular weight is 607 g/mol. The number of para-hydroxylation sites is 2. The Morgan fingerprint density at radius 3 is 2.58 bits per heavy atom. The third-order valence-corrected chi connectivity index (χ3v) is 8.19. The van der Waals surface area contributed by atoms with Crippen molar-refractivity contribution in [3.8, 4) is 11.5 Å². The van der Waals surface area contributed by atoms with Crippen LogP contribution in [0.15, 0.2) is 95.7 Å². The number of carbonyl (C=O) groups excluding carboxylic acids is 2. The third-order valence-electron chi connectivity index (χ3n) is 8.19. The minimum Gasteiger partial charge on any atom is -0.466 e. The summed E-state index contributed by atoms with van der Waals surface area (Å²) in [5.74, 6) is 1.51. The molecule has 0 radical (unpaired) electrons. The number of esters is 1. The van der Waals surface area contributed by atoms with Crippen molar-refractivity contribution >= 4 is 22.8 Å². The smallest absolute Gasteiger partial charge is 0.309 e. The second kappa shape index (κ2) is 14.3. The maximum atomic E-state index is 13.2. The van der Waals surface area contributed by atoms with Crippen molar-refractivity contribution in [2.45, 2.75) is 39.3 Å². The first-order valence-corrected chi connectivity index (χ1v) is 15.5. The van der Waals surface area contributed by atoms with Gasteiger partial charge in [-0.1, -0.05) is 48.5 Å². The molecule has 0 atom stereocenters. The molecule has 9 nitrogen and oxygen atoms in total. The highest BCUT2D eigenvalue weighted by atomic mass is 16.5. The highest BCUT2D eigenvalue weighted by Crippen LogP contribution is 2.25. The predicted octanol–water partition coefficient (Wildman–Crippen LogP) is 6.61. The Bertz CT molecular complexity index is 1720. The van der Waals surface area contributed by atoms with E-state index in [4.69, 9.17) is 13.9 Å². The van der Waals surface area contributed by atoms with Gasteiger partial charge in [0.25, 0.3) is 5.91 Å². The topological polar surface area (TPSA) is 101 Å². The molecule has 1 aliphatic rings. The zero-order valence-electron chi connectivity index (χ0n) is 25.5. The largest absolute Gasteiger partial charge is 0.466 e. The van der Waals surface area contributed by atoms with Crippen LogP contribution in [0.1, 0.15) is 47.3 Å². The van der Waals surface area contributed by atoms with Crippen LogP contribution in [0.3, 0.4) is 0 Å². The van der Waals surface area contributed by atoms with Crippen LogP contribution in [0, 0.1) is 5.92 Å². The zero-order chi connectivity index (χ0) is 31.0. The Kier molecular flexibility index (Phi) is 9.56. The van der Waals surface area contributed by atoms with Gasteiger partial charge in [0.1, 0.15) is 17.8 Å². The van der Waals surface area contributed by atoms with Gasteiger partial charge in [0, 0.05) is 43.3 Å². The predicted molar refractivity (Wildman–Crippen MR) is 171 cm³/mol. The number of nitrogens with zero attached hydrogens (tertiary/aromatic N) is 3. The molecule has 9 heteroatoms. The van der Waals surface area contributed by atoms with E-state index in [1.54, 1.807) is 11.8 Å². The van der Waals surface area contributed by atoms with Gasteiger partial charge in [-0.2, -0.15) is 0 Å². The van der Waals surface area contributed by atoms with E-state index in [9.17, 15) is 9.59 Å². The molecule has 1 amide bonds. The van der Waals surface area contributed by atoms with Gasteiger partial charge in [0.15, 0.2) is 5.69 Å². The van der Waals surface area contributed by atoms with Crippen molar-refractivity contribution in [1.29, 1.82) is 0 Å². The maximum absolute atomic E-state index is 13.2. The number of hydrogen-bond donors (Lipinski definition) is 1. The Balaban J connectivity index is 1.14. The Hall–Kier alpha value is -4.89. The average Bonchev–Trinajstić information content (AvgIpc) is 3.71. The molecule has 0 aliphatic carbocycles. The van der Waals surface area contributed by atoms with Crippen LogP contribution in [0.25, 0.3) is 10.9 Å². The number of aromatic amines is 1. The van der Waals surface area contributed by atoms with Gasteiger partial charge in [-0.05, 0) is 67.6 Å². The number of amides is 1. The van der Waals surface area contributed by atoms with Crippen LogP contribution in [0.2, 0.25) is 0 Å². The van der Waals surface area contributed by atoms with Gasteiger partial charge in [-0.15, -0.1) is 0 Å². The molecule has 1 N–H and O–H groups in total. The van der Waals surface area contributed by atoms with E-state index < -0.39 is 0 Å². The lowest BCUT2D eigenvalue weighted by molar-refractivity contribution is -0.149. The van der Waals surface area contributed by atoms with Gasteiger partial charge in [-0.25, -0.2) is 4.98 Å². The lowest BCUT2D eigenvalue weighted by atomic mass is 9.97. The van der Waals surface area contributed by atoms with Crippen molar-refractivity contribution in [2.75, 3.05) is 26.2 Å². The summed E-state index contributed by atoms with van der Waals surface area (Å²) in [4.78, 5) is 37.3. The highest BCUT2D eigenvalue weighted by Gasteiger charge is 2.30. The number of piperidine rings is 1. The van der Waals surface area contributed by atoms with Gasteiger partial charge in [0.05, 0.1) is 19.1 Å². The number of H-pyrrole nitrogens is 1. The Labute approximate surface area is 262 Å². The van der Waals surface area contributed by atoms with E-state index in [0.717, 1.165) is 35.5 Å². The molecule has 3 heterocycles. The van der Waals surface area contributed by atoms with Crippen LogP contribution in [0.4, 0.5) is 0 Å². The first-order valence-electron chi connectivity index (χ1n) is 15.5. The summed E-state index contributed by atoms with van der Waals surface area (Å²) in [5.41, 5.74) is 3.74. The number of hydrogen-bond acceptors (Lipinski definition) is 7. The van der Waals surface area contributed by atoms with Gasteiger partial charge >= 0.3 is 5.97 Å². The molecule has 3 aromatic carbocycles. The minimum atomic E-state index is -0.182. The quantitative estimate of drug-likeness (QED) is 0.160. The summed E-state index contributed by atoms with van der Waals surface area (Å²) in [6.45, 7) is 4.97. The molecule has 2 aromatic heterocycles. The molecule has 0 saturated carbocycles. The van der Waals surface area contributed by atoms with E-state index >= 15 is 0 Å². The van der Waals surface area contributed by atoms with Crippen LogP contribution < -0.4 is 4.74 Å². The number of fused-ring (bicyclic) bond motifs is 1. The van der Waals surface area contributed by atoms with Crippen LogP contribution in [0.5, 0.6) is 11.5 Å². The summed E-state index contributed by atoms with van der Waals surface area (Å²) in [5, 5.41) is 1.21. The highest BCUT2D eigenvalue weighted by molar-refractivity contribution is 5.92. The maximum Gasteiger partial charge on any atom is 0.309 e. The number of rotatable bonds is 12. The van der Waals surface area contributed by atoms with Gasteiger partial charge in [-0.3, -0.25) is 14.5 Å². The summed E-state index contributed by atoms with van der Waals surface area (Å²) >= 11 is 0. The molecule has 45 heavy (non-hydrogen) atoms. The van der Waals surface area contributed by atoms with Crippen molar-refractivity contribution in [3.05, 3.63) is 114 Å². The third kappa shape index (κ3) is 7.61. The van der Waals surface area contributed by atoms with Crippen LogP contribution >= 0.6 is 0 Å². The Morgan fingerprint density at radius 1 is 0.978 bits per heavy atom. The number of nitrogens with one attached hydrogen (secondary N) is 1. The minimum absolute atomic E-state index is 0.163. The molecule has 232 valence electrons. The van der Waals surface area contributed by atoms with Gasteiger partial charge < -0.3 is 23.8 Å². The van der Waals surface area contributed by atoms with E-state index in [1.165, 1.54) is 17.2 Å². The van der Waals surface area contributed by atoms with Crippen LogP contribution in [-0.2, 0) is 29.0 Å². The second-order valence-corrected chi connectivity index (χ2v) is 11.3. The SMILES string of the molecule is CCOC(=O)C1CCN(C(=O)c2coc(CN(CCc3c[nH]c4ccccc34)Cc3cccc(Oc4ccccc4)c3)n2)CC1. The molecule has 1 fully saturated rings. The lowest BCUT2D eigenvalue weighted by Gasteiger charge is -2.30. The first kappa shape index (κ1) is 30.1. The molecule has 1 saturated heterocycles. The number of aromatic nitrogens is 2. The summed E-state index contributed by atoms with van der Waals surface area (Å²) < 4.78 is 17.1. The van der Waals surface area contributed by atoms with Crippen molar-refractivity contribution in [3.63, 3.8) is 0 Å². The lowest BCUT2D eigenvalue weighted by Crippen LogP contribution is -2.40. The van der Waals surface area contributed by atoms with E-state index in [-0.39, 0.29) is 23.5 Å². The fourth-order valence-electron chi connectivity index (χ4n) is 5.83. The fraction of sp³-hybridized carbons (Fsp3) is 0.306. The second-order valence-electron chi connectivity index (χ2n) is 11.3. The summed E-state index contributed by atoms with van der Waals surface area (Å²) in [6.07, 6.45) is 5.52. The summed E-state index contributed by atoms with van der Waals surface area (Å²) in [7, 11) is 0. The monoisotopic (exact) mass is 606 g/mol. The number of ether oxygens (including phenoxy) is 2. The molecule has 1 aliphatic heterocycles. The van der Waals surface area contributed by atoms with Crippen molar-refractivity contribution in [1.82, 2.24) is 19.8 Å². The standard InChI is InChI=1S/C36H38N4O5/c1-2-43-36(42)27-16-19-40(20-17-27)35(41)33-25-44-34(38-33)24-39(18-15-28-22-37-32-14-7-6-13-31(28)32)23-26-9-8-12-30(21-26)45-29-10-4-3-5-11-29/h3-14,21-22,25,27,37H,2,15-20,23-24H2,1H3. The molecule has 0 spiro atoms. The normalized spacial score (nSPS) is 13.8. The van der Waals surface area contributed by atoms with Gasteiger partial charge in [0.2, 0.25) is 5.89 Å². The first-order chi connectivity index (χ1) is 22.1. The van der Waals surface area contributed by atoms with Crippen molar-refractivity contribution in [2.24, 2.45) is 5.92 Å². The summed E-state index contributed by atoms with van der Waals surface area (Å²) in [6, 6.07) is 26.1. The fourth-order valence-corrected chi connectivity index (χ4v) is 5.83. The number of oxazole rings is 1. The van der Waals surface area contributed by atoms with E-state index in [1.807, 2.05) is 48.5 Å². The molecular weight excluding hydrogens is 568 g/mol. The van der Waals surface area contributed by atoms with Crippen LogP contribution in [-0.4, -0.2) is 57.9 Å². The van der Waals surface area contributed by atoms with E-state index in [2.05, 4.69) is 51.4 Å². The Morgan fingerprint density at radius 2 is 1.76 bits per heavy atom. The molecule has 5 aromatic rings. The number of likely N-dealkylation sites (tertiary alicyclic amines) is 1.